The number of fused-ring (bicyclic) bond motifs is 2. The SMILES string of the molecule is C=CCO[C@@]12Oc3ccc(Oc4ccc(OC)c(C=O)c4)cc3[C@H]3[C@H](CCCCO)[C@@H](CCCCO)C=C(C(=NOCC)C[C@@H]1N(Cc1ccc(F)cc1)C(=O)OC)[C@H]32. The van der Waals surface area contributed by atoms with Crippen molar-refractivity contribution in [1.29, 1.82) is 0 Å². The van der Waals surface area contributed by atoms with Gasteiger partial charge in [-0.3, -0.25) is 9.69 Å². The van der Waals surface area contributed by atoms with Crippen molar-refractivity contribution in [2.45, 2.75) is 76.2 Å². The first-order valence-electron chi connectivity index (χ1n) is 20.4. The number of aliphatic hydroxyl groups excluding tert-OH is 2. The average molecular weight is 815 g/mol. The van der Waals surface area contributed by atoms with Crippen molar-refractivity contribution in [3.8, 4) is 23.0 Å². The summed E-state index contributed by atoms with van der Waals surface area (Å²) in [6.07, 6.45) is 8.49. The molecule has 2 aliphatic carbocycles. The molecule has 3 aliphatic rings. The predicted octanol–water partition coefficient (Wildman–Crippen LogP) is 8.36. The van der Waals surface area contributed by atoms with Gasteiger partial charge in [0, 0.05) is 37.7 Å². The fourth-order valence-corrected chi connectivity index (χ4v) is 9.06. The number of ether oxygens (including phenoxy) is 5. The Balaban J connectivity index is 1.59. The Labute approximate surface area is 345 Å². The number of carbonyl (C=O) groups is 2. The molecule has 12 nitrogen and oxygen atoms in total. The summed E-state index contributed by atoms with van der Waals surface area (Å²) in [7, 11) is 2.82. The van der Waals surface area contributed by atoms with E-state index in [4.69, 9.17) is 33.7 Å². The van der Waals surface area contributed by atoms with Crippen molar-refractivity contribution >= 4 is 18.1 Å². The number of nitrogens with zero attached hydrogens (tertiary/aromatic N) is 2. The number of allylic oxidation sites excluding steroid dienone is 1. The Bertz CT molecular complexity index is 1990. The normalized spacial score (nSPS) is 23.5. The molecule has 3 aromatic rings. The van der Waals surface area contributed by atoms with Crippen LogP contribution in [0.15, 0.2) is 90.1 Å². The average Bonchev–Trinajstić information content (AvgIpc) is 3.25. The monoisotopic (exact) mass is 814 g/mol. The van der Waals surface area contributed by atoms with Crippen molar-refractivity contribution in [3.63, 3.8) is 0 Å². The standard InChI is InChI=1S/C46H55FN2O10/c1-5-23-56-46-42(49(45(53)55-4)28-30-13-15-33(47)16-14-30)27-39(48-57-6-2)37-25-31(11-7-9-21-50)36(12-8-10-22-51)43(44(37)46)38-26-35(18-20-41(38)59-46)58-34-17-19-40(54-3)32(24-34)29-52/h5,13-20,24-26,29,31,36,42-44,50-51H,1,6-12,21-23,27-28H2,2-4H3/t31-,36+,42-,43+,44+,46+/m0/s1. The molecule has 1 aliphatic heterocycles. The van der Waals surface area contributed by atoms with Crippen LogP contribution in [0.4, 0.5) is 9.18 Å². The number of methoxy groups -OCH3 is 2. The summed E-state index contributed by atoms with van der Waals surface area (Å²) in [6, 6.07) is 15.8. The van der Waals surface area contributed by atoms with Crippen molar-refractivity contribution in [2.24, 2.45) is 22.9 Å². The molecule has 0 bridgehead atoms. The Hall–Kier alpha value is -5.24. The molecule has 0 radical (unpaired) electrons. The number of rotatable bonds is 20. The number of amides is 1. The van der Waals surface area contributed by atoms with Gasteiger partial charge in [-0.05, 0) is 104 Å². The lowest BCUT2D eigenvalue weighted by atomic mass is 9.55. The molecule has 1 saturated carbocycles. The van der Waals surface area contributed by atoms with Gasteiger partial charge in [0.2, 0.25) is 5.79 Å². The van der Waals surface area contributed by atoms with Gasteiger partial charge in [-0.15, -0.1) is 6.58 Å². The molecule has 0 saturated heterocycles. The Morgan fingerprint density at radius 3 is 2.42 bits per heavy atom. The van der Waals surface area contributed by atoms with Gasteiger partial charge in [0.25, 0.3) is 0 Å². The topological polar surface area (TPSA) is 146 Å². The second-order valence-electron chi connectivity index (χ2n) is 15.0. The van der Waals surface area contributed by atoms with Crippen LogP contribution in [0.3, 0.4) is 0 Å². The lowest BCUT2D eigenvalue weighted by Gasteiger charge is -2.59. The van der Waals surface area contributed by atoms with E-state index in [1.807, 2.05) is 19.1 Å². The van der Waals surface area contributed by atoms with Crippen LogP contribution < -0.4 is 14.2 Å². The Kier molecular flexibility index (Phi) is 14.8. The minimum atomic E-state index is -1.51. The number of hydrogen-bond donors (Lipinski definition) is 2. The highest BCUT2D eigenvalue weighted by Gasteiger charge is 2.65. The molecular formula is C46H55FN2O10. The minimum absolute atomic E-state index is 0.0166. The third-order valence-electron chi connectivity index (χ3n) is 11.6. The molecule has 6 rings (SSSR count). The van der Waals surface area contributed by atoms with E-state index in [0.29, 0.717) is 65.6 Å². The van der Waals surface area contributed by atoms with Crippen LogP contribution >= 0.6 is 0 Å². The molecule has 3 aromatic carbocycles. The molecule has 6 atom stereocenters. The summed E-state index contributed by atoms with van der Waals surface area (Å²) in [5.74, 6) is -0.840. The third kappa shape index (κ3) is 9.32. The highest BCUT2D eigenvalue weighted by Crippen LogP contribution is 2.62. The van der Waals surface area contributed by atoms with Crippen molar-refractivity contribution < 1.29 is 52.7 Å². The number of unbranched alkanes of at least 4 members (excludes halogenated alkanes) is 2. The van der Waals surface area contributed by atoms with Crippen molar-refractivity contribution in [2.75, 3.05) is 40.6 Å². The van der Waals surface area contributed by atoms with Gasteiger partial charge in [-0.25, -0.2) is 9.18 Å². The first-order valence-corrected chi connectivity index (χ1v) is 20.4. The molecular weight excluding hydrogens is 760 g/mol. The molecule has 0 spiro atoms. The van der Waals surface area contributed by atoms with Crippen LogP contribution in [0.5, 0.6) is 23.0 Å². The van der Waals surface area contributed by atoms with E-state index >= 15 is 0 Å². The third-order valence-corrected chi connectivity index (χ3v) is 11.6. The van der Waals surface area contributed by atoms with E-state index in [9.17, 15) is 24.2 Å². The van der Waals surface area contributed by atoms with Crippen LogP contribution in [0.25, 0.3) is 0 Å². The van der Waals surface area contributed by atoms with Crippen LogP contribution in [0, 0.1) is 23.6 Å². The number of benzene rings is 3. The van der Waals surface area contributed by atoms with E-state index in [2.05, 4.69) is 12.7 Å². The molecule has 2 N–H and O–H groups in total. The van der Waals surface area contributed by atoms with Gasteiger partial charge >= 0.3 is 6.09 Å². The van der Waals surface area contributed by atoms with Crippen molar-refractivity contribution in [1.82, 2.24) is 4.90 Å². The second kappa shape index (κ2) is 20.1. The lowest BCUT2D eigenvalue weighted by molar-refractivity contribution is -0.256. The smallest absolute Gasteiger partial charge is 0.410 e. The first kappa shape index (κ1) is 43.3. The van der Waals surface area contributed by atoms with E-state index in [0.717, 1.165) is 36.8 Å². The maximum atomic E-state index is 14.1. The zero-order valence-corrected chi connectivity index (χ0v) is 34.0. The molecule has 1 heterocycles. The molecule has 0 unspecified atom stereocenters. The zero-order chi connectivity index (χ0) is 41.9. The molecule has 1 fully saturated rings. The maximum Gasteiger partial charge on any atom is 0.410 e. The quantitative estimate of drug-likeness (QED) is 0.0494. The van der Waals surface area contributed by atoms with Crippen LogP contribution in [0.1, 0.15) is 79.3 Å². The van der Waals surface area contributed by atoms with Gasteiger partial charge in [0.15, 0.2) is 6.29 Å². The van der Waals surface area contributed by atoms with Crippen LogP contribution in [-0.2, 0) is 20.9 Å². The van der Waals surface area contributed by atoms with Gasteiger partial charge in [-0.1, -0.05) is 42.3 Å². The number of halogens is 1. The molecule has 0 aromatic heterocycles. The zero-order valence-electron chi connectivity index (χ0n) is 34.0. The van der Waals surface area contributed by atoms with Gasteiger partial charge in [0.05, 0.1) is 38.0 Å². The fourth-order valence-electron chi connectivity index (χ4n) is 9.06. The van der Waals surface area contributed by atoms with Gasteiger partial charge in [0.1, 0.15) is 41.5 Å². The molecule has 13 heteroatoms. The Morgan fingerprint density at radius 1 is 1.02 bits per heavy atom. The number of aliphatic hydroxyl groups is 2. The van der Waals surface area contributed by atoms with E-state index in [-0.39, 0.29) is 50.5 Å². The van der Waals surface area contributed by atoms with Crippen LogP contribution in [0.2, 0.25) is 0 Å². The second-order valence-corrected chi connectivity index (χ2v) is 15.0. The highest BCUT2D eigenvalue weighted by atomic mass is 19.1. The molecule has 316 valence electrons. The van der Waals surface area contributed by atoms with E-state index in [1.165, 1.54) is 26.4 Å². The van der Waals surface area contributed by atoms with E-state index < -0.39 is 29.7 Å². The van der Waals surface area contributed by atoms with Crippen LogP contribution in [-0.4, -0.2) is 85.7 Å². The summed E-state index contributed by atoms with van der Waals surface area (Å²) in [6.45, 7) is 6.40. The highest BCUT2D eigenvalue weighted by molar-refractivity contribution is 6.03. The summed E-state index contributed by atoms with van der Waals surface area (Å²) < 4.78 is 45.5. The number of oxime groups is 1. The van der Waals surface area contributed by atoms with Crippen molar-refractivity contribution in [3.05, 3.63) is 107 Å². The fraction of sp³-hybridized carbons (Fsp3) is 0.457. The van der Waals surface area contributed by atoms with E-state index in [1.54, 1.807) is 47.4 Å². The minimum Gasteiger partial charge on any atom is -0.496 e. The largest absolute Gasteiger partial charge is 0.496 e. The summed E-state index contributed by atoms with van der Waals surface area (Å²) in [4.78, 5) is 33.3. The summed E-state index contributed by atoms with van der Waals surface area (Å²) in [5.41, 5.74) is 3.39. The number of hydrogen-bond acceptors (Lipinski definition) is 11. The maximum absolute atomic E-state index is 14.1. The van der Waals surface area contributed by atoms with Gasteiger partial charge in [-0.2, -0.15) is 0 Å². The predicted molar refractivity (Wildman–Crippen MR) is 219 cm³/mol. The summed E-state index contributed by atoms with van der Waals surface area (Å²) in [5, 5.41) is 24.4. The number of carbonyl (C=O) groups excluding carboxylic acids is 2. The summed E-state index contributed by atoms with van der Waals surface area (Å²) >= 11 is 0. The molecule has 1 amide bonds. The first-order chi connectivity index (χ1) is 28.7. The van der Waals surface area contributed by atoms with Gasteiger partial charge < -0.3 is 38.7 Å². The lowest BCUT2D eigenvalue weighted by Crippen LogP contribution is -2.70. The molecule has 59 heavy (non-hydrogen) atoms. The Morgan fingerprint density at radius 2 is 1.75 bits per heavy atom. The number of aldehydes is 1.